The molecule has 0 spiro atoms. The van der Waals surface area contributed by atoms with E-state index in [1.165, 1.54) is 12.8 Å². The quantitative estimate of drug-likeness (QED) is 0.167. The average Bonchev–Trinajstić information content (AvgIpc) is 3.79. The van der Waals surface area contributed by atoms with E-state index in [1.54, 1.807) is 21.7 Å². The molecule has 2 amide bonds. The summed E-state index contributed by atoms with van der Waals surface area (Å²) in [6.45, 7) is 14.7. The van der Waals surface area contributed by atoms with Crippen molar-refractivity contribution in [2.45, 2.75) is 109 Å². The van der Waals surface area contributed by atoms with E-state index in [1.807, 2.05) is 45.9 Å². The zero-order valence-electron chi connectivity index (χ0n) is 35.2. The highest BCUT2D eigenvalue weighted by molar-refractivity contribution is 6.00. The molecule has 318 valence electrons. The molecular weight excluding hydrogens is 763 g/mol. The van der Waals surface area contributed by atoms with Crippen LogP contribution in [0.3, 0.4) is 0 Å². The summed E-state index contributed by atoms with van der Waals surface area (Å²) < 4.78 is 15.9. The first-order valence-electron chi connectivity index (χ1n) is 21.9. The summed E-state index contributed by atoms with van der Waals surface area (Å²) in [5, 5.41) is 11.0. The van der Waals surface area contributed by atoms with Gasteiger partial charge in [0, 0.05) is 81.5 Å². The molecule has 7 heterocycles. The van der Waals surface area contributed by atoms with Crippen molar-refractivity contribution in [1.82, 2.24) is 44.5 Å². The van der Waals surface area contributed by atoms with Crippen molar-refractivity contribution < 1.29 is 19.1 Å². The topological polar surface area (TPSA) is 169 Å². The van der Waals surface area contributed by atoms with E-state index in [2.05, 4.69) is 57.3 Å². The van der Waals surface area contributed by atoms with E-state index in [0.29, 0.717) is 24.3 Å². The number of hydrogen-bond acceptors (Lipinski definition) is 12. The number of carbonyl (C=O) groups is 2. The molecule has 1 saturated carbocycles. The lowest BCUT2D eigenvalue weighted by atomic mass is 9.86. The summed E-state index contributed by atoms with van der Waals surface area (Å²) in [4.78, 5) is 59.2. The molecule has 4 fully saturated rings. The molecule has 1 unspecified atom stereocenters. The Morgan fingerprint density at radius 2 is 1.57 bits per heavy atom. The SMILES string of the molecule is CC(C)Oc1cc2c(-c3cc(N4CCN(CC5CCC(OC6CCN(c7ccc8c(c7)n(C(C)C)c(=O)n8C7CCC(=O)NC7=O)CC6)CC5)CC4)ncn3)n[nH]c2cn1. The highest BCUT2D eigenvalue weighted by Gasteiger charge is 2.33. The van der Waals surface area contributed by atoms with Crippen molar-refractivity contribution in [2.24, 2.45) is 5.92 Å². The number of aromatic amines is 1. The minimum absolute atomic E-state index is 0.0306. The van der Waals surface area contributed by atoms with E-state index < -0.39 is 11.9 Å². The maximum Gasteiger partial charge on any atom is 0.330 e. The van der Waals surface area contributed by atoms with Gasteiger partial charge in [0.1, 0.15) is 23.9 Å². The predicted octanol–water partition coefficient (Wildman–Crippen LogP) is 5.24. The smallest absolute Gasteiger partial charge is 0.330 e. The Hall–Kier alpha value is -5.35. The van der Waals surface area contributed by atoms with Crippen LogP contribution in [0, 0.1) is 5.92 Å². The molecule has 0 bridgehead atoms. The van der Waals surface area contributed by atoms with Gasteiger partial charge in [-0.2, -0.15) is 5.10 Å². The third-order valence-corrected chi connectivity index (χ3v) is 12.8. The van der Waals surface area contributed by atoms with Crippen LogP contribution >= 0.6 is 0 Å². The van der Waals surface area contributed by atoms with E-state index in [9.17, 15) is 14.4 Å². The lowest BCUT2D eigenvalue weighted by molar-refractivity contribution is -0.135. The number of piperidine rings is 2. The number of carbonyl (C=O) groups excluding carboxylic acids is 2. The van der Waals surface area contributed by atoms with Gasteiger partial charge >= 0.3 is 5.69 Å². The van der Waals surface area contributed by atoms with Crippen LogP contribution in [0.25, 0.3) is 33.3 Å². The molecule has 4 aliphatic rings. The normalized spacial score (nSPS) is 22.4. The van der Waals surface area contributed by atoms with Gasteiger partial charge in [-0.3, -0.25) is 34.0 Å². The molecule has 5 aromatic rings. The van der Waals surface area contributed by atoms with Crippen LogP contribution in [0.4, 0.5) is 11.5 Å². The monoisotopic (exact) mass is 819 g/mol. The van der Waals surface area contributed by atoms with E-state index in [-0.39, 0.29) is 36.3 Å². The summed E-state index contributed by atoms with van der Waals surface area (Å²) in [5.41, 5.74) is 4.79. The van der Waals surface area contributed by atoms with Crippen molar-refractivity contribution in [3.05, 3.63) is 53.3 Å². The van der Waals surface area contributed by atoms with Gasteiger partial charge < -0.3 is 19.3 Å². The number of pyridine rings is 1. The van der Waals surface area contributed by atoms with Gasteiger partial charge in [-0.15, -0.1) is 0 Å². The Kier molecular flexibility index (Phi) is 11.3. The minimum atomic E-state index is -0.692. The van der Waals surface area contributed by atoms with Crippen molar-refractivity contribution in [3.63, 3.8) is 0 Å². The first-order valence-corrected chi connectivity index (χ1v) is 21.9. The Balaban J connectivity index is 0.737. The summed E-state index contributed by atoms with van der Waals surface area (Å²) in [6, 6.07) is 9.30. The highest BCUT2D eigenvalue weighted by atomic mass is 16.5. The van der Waals surface area contributed by atoms with Crippen molar-refractivity contribution in [3.8, 4) is 17.3 Å². The Morgan fingerprint density at radius 1 is 0.800 bits per heavy atom. The van der Waals surface area contributed by atoms with Crippen molar-refractivity contribution in [1.29, 1.82) is 0 Å². The Morgan fingerprint density at radius 3 is 2.30 bits per heavy atom. The molecule has 0 radical (unpaired) electrons. The molecule has 3 aliphatic heterocycles. The van der Waals surface area contributed by atoms with Gasteiger partial charge in [0.15, 0.2) is 0 Å². The number of imide groups is 1. The fourth-order valence-electron chi connectivity index (χ4n) is 9.70. The predicted molar refractivity (Wildman–Crippen MR) is 229 cm³/mol. The second-order valence-corrected chi connectivity index (χ2v) is 17.6. The molecule has 16 heteroatoms. The van der Waals surface area contributed by atoms with Gasteiger partial charge in [-0.25, -0.2) is 19.7 Å². The van der Waals surface area contributed by atoms with Crippen molar-refractivity contribution in [2.75, 3.05) is 55.6 Å². The molecule has 9 rings (SSSR count). The lowest BCUT2D eigenvalue weighted by Gasteiger charge is -2.39. The molecule has 16 nitrogen and oxygen atoms in total. The van der Waals surface area contributed by atoms with Crippen LogP contribution in [0.5, 0.6) is 5.88 Å². The second kappa shape index (κ2) is 17.0. The summed E-state index contributed by atoms with van der Waals surface area (Å²) in [5.74, 6) is 1.49. The first-order chi connectivity index (χ1) is 29.1. The number of ether oxygens (including phenoxy) is 2. The van der Waals surface area contributed by atoms with Crippen LogP contribution in [-0.2, 0) is 14.3 Å². The first kappa shape index (κ1) is 40.1. The molecule has 1 aromatic carbocycles. The number of anilines is 2. The van der Waals surface area contributed by atoms with Crippen molar-refractivity contribution >= 4 is 45.3 Å². The zero-order chi connectivity index (χ0) is 41.5. The number of aromatic nitrogens is 7. The standard InChI is InChI=1S/C44H57N11O5/c1-27(2)54-38-21-30(7-10-36(38)55(44(54)58)37-11-12-40(56)48-43(37)57)52-15-13-32(14-16-52)60-31-8-5-29(6-9-31)25-51-17-19-53(20-18-51)39-23-34(46-26-47-39)42-33-22-41(59-28(3)4)45-24-35(33)49-50-42/h7,10,21-24,26-29,31-32,37H,5-6,8-9,11-20,25H2,1-4H3,(H,49,50)(H,48,56,57). The number of piperazine rings is 1. The molecular formula is C44H57N11O5. The molecule has 60 heavy (non-hydrogen) atoms. The fourth-order valence-corrected chi connectivity index (χ4v) is 9.70. The maximum absolute atomic E-state index is 13.7. The number of benzene rings is 1. The summed E-state index contributed by atoms with van der Waals surface area (Å²) in [6.07, 6.45) is 11.1. The maximum atomic E-state index is 13.7. The number of imidazole rings is 1. The van der Waals surface area contributed by atoms with Gasteiger partial charge in [0.2, 0.25) is 17.7 Å². The van der Waals surface area contributed by atoms with Crippen LogP contribution in [-0.4, -0.2) is 115 Å². The molecule has 1 atom stereocenters. The number of nitrogens with zero attached hydrogens (tertiary/aromatic N) is 9. The largest absolute Gasteiger partial charge is 0.475 e. The summed E-state index contributed by atoms with van der Waals surface area (Å²) >= 11 is 0. The van der Waals surface area contributed by atoms with Gasteiger partial charge in [-0.1, -0.05) is 0 Å². The minimum Gasteiger partial charge on any atom is -0.475 e. The molecule has 3 saturated heterocycles. The highest BCUT2D eigenvalue weighted by Crippen LogP contribution is 2.34. The second-order valence-electron chi connectivity index (χ2n) is 17.6. The number of hydrogen-bond donors (Lipinski definition) is 2. The fraction of sp³-hybridized carbons (Fsp3) is 0.568. The number of nitrogens with one attached hydrogen (secondary N) is 2. The van der Waals surface area contributed by atoms with Gasteiger partial charge in [0.25, 0.3) is 0 Å². The van der Waals surface area contributed by atoms with Crippen LogP contribution in [0.15, 0.2) is 47.7 Å². The Bertz CT molecular complexity index is 2400. The van der Waals surface area contributed by atoms with Gasteiger partial charge in [-0.05, 0) is 96.8 Å². The van der Waals surface area contributed by atoms with E-state index >= 15 is 0 Å². The van der Waals surface area contributed by atoms with E-state index in [4.69, 9.17) is 9.47 Å². The lowest BCUT2D eigenvalue weighted by Crippen LogP contribution is -2.48. The number of fused-ring (bicyclic) bond motifs is 2. The summed E-state index contributed by atoms with van der Waals surface area (Å²) in [7, 11) is 0. The molecule has 4 aromatic heterocycles. The molecule has 1 aliphatic carbocycles. The zero-order valence-corrected chi connectivity index (χ0v) is 35.2. The number of amides is 2. The van der Waals surface area contributed by atoms with Crippen LogP contribution < -0.4 is 25.5 Å². The third-order valence-electron chi connectivity index (χ3n) is 12.8. The van der Waals surface area contributed by atoms with Crippen LogP contribution in [0.1, 0.15) is 91.1 Å². The number of rotatable bonds is 11. The average molecular weight is 820 g/mol. The van der Waals surface area contributed by atoms with Gasteiger partial charge in [0.05, 0.1) is 46.8 Å². The third kappa shape index (κ3) is 8.23. The molecule has 2 N–H and O–H groups in total. The number of H-pyrrole nitrogens is 1. The van der Waals surface area contributed by atoms with Crippen LogP contribution in [0.2, 0.25) is 0 Å². The Labute approximate surface area is 349 Å². The van der Waals surface area contributed by atoms with E-state index in [0.717, 1.165) is 116 Å².